The zero-order valence-electron chi connectivity index (χ0n) is 16.6. The lowest BCUT2D eigenvalue weighted by molar-refractivity contribution is -0.103. The van der Waals surface area contributed by atoms with Crippen LogP contribution >= 0.6 is 11.3 Å². The summed E-state index contributed by atoms with van der Waals surface area (Å²) in [4.78, 5) is 1.23. The van der Waals surface area contributed by atoms with Gasteiger partial charge < -0.3 is 14.8 Å². The number of nitrogens with one attached hydrogen (secondary N) is 1. The second-order valence-electron chi connectivity index (χ2n) is 8.29. The van der Waals surface area contributed by atoms with E-state index < -0.39 is 0 Å². The fourth-order valence-electron chi connectivity index (χ4n) is 5.14. The van der Waals surface area contributed by atoms with E-state index in [1.165, 1.54) is 23.3 Å². The normalized spacial score (nSPS) is 23.9. The van der Waals surface area contributed by atoms with E-state index in [9.17, 15) is 4.39 Å². The first-order valence-corrected chi connectivity index (χ1v) is 11.2. The predicted molar refractivity (Wildman–Crippen MR) is 112 cm³/mol. The molecular weight excluding hydrogens is 373 g/mol. The third kappa shape index (κ3) is 4.12. The Balaban J connectivity index is 1.48. The van der Waals surface area contributed by atoms with Gasteiger partial charge in [-0.25, -0.2) is 4.39 Å². The van der Waals surface area contributed by atoms with Gasteiger partial charge >= 0.3 is 0 Å². The molecule has 1 spiro atoms. The van der Waals surface area contributed by atoms with Crippen LogP contribution in [0.15, 0.2) is 35.7 Å². The molecule has 1 atom stereocenters. The molecule has 4 rings (SSSR count). The van der Waals surface area contributed by atoms with Crippen molar-refractivity contribution < 1.29 is 13.9 Å². The van der Waals surface area contributed by atoms with Crippen LogP contribution in [-0.2, 0) is 16.7 Å². The maximum atomic E-state index is 13.6. The molecule has 0 radical (unpaired) electrons. The zero-order valence-corrected chi connectivity index (χ0v) is 17.5. The number of methoxy groups -OCH3 is 1. The number of thiophene rings is 1. The van der Waals surface area contributed by atoms with Crippen LogP contribution in [0.5, 0.6) is 5.75 Å². The van der Waals surface area contributed by atoms with Gasteiger partial charge in [0.1, 0.15) is 11.6 Å². The van der Waals surface area contributed by atoms with Gasteiger partial charge in [-0.2, -0.15) is 0 Å². The Labute approximate surface area is 171 Å². The summed E-state index contributed by atoms with van der Waals surface area (Å²) >= 11 is 1.72. The molecule has 2 aliphatic rings. The minimum atomic E-state index is -0.163. The van der Waals surface area contributed by atoms with Crippen molar-refractivity contribution in [1.82, 2.24) is 5.32 Å². The van der Waals surface area contributed by atoms with Crippen LogP contribution < -0.4 is 10.1 Å². The van der Waals surface area contributed by atoms with E-state index in [2.05, 4.69) is 10.7 Å². The molecule has 0 unspecified atom stereocenters. The van der Waals surface area contributed by atoms with Crippen LogP contribution in [0.3, 0.4) is 0 Å². The summed E-state index contributed by atoms with van der Waals surface area (Å²) in [5, 5.41) is 5.68. The first-order valence-electron chi connectivity index (χ1n) is 10.4. The number of hydrogen-bond acceptors (Lipinski definition) is 4. The highest BCUT2D eigenvalue weighted by Gasteiger charge is 2.47. The van der Waals surface area contributed by atoms with Gasteiger partial charge in [-0.3, -0.25) is 0 Å². The van der Waals surface area contributed by atoms with Crippen molar-refractivity contribution in [2.24, 2.45) is 0 Å². The van der Waals surface area contributed by atoms with E-state index in [-0.39, 0.29) is 16.8 Å². The summed E-state index contributed by atoms with van der Waals surface area (Å²) in [5.41, 5.74) is 1.35. The molecule has 1 saturated heterocycles. The SMILES string of the molecule is COc1ccsc1CNCC[C@@]1(c2ccc(F)cc2)CCOC2(CCCC2)C1. The molecule has 2 heterocycles. The number of benzene rings is 1. The summed E-state index contributed by atoms with van der Waals surface area (Å²) in [6.45, 7) is 2.55. The van der Waals surface area contributed by atoms with E-state index in [1.54, 1.807) is 30.6 Å². The number of ether oxygens (including phenoxy) is 2. The second kappa shape index (κ2) is 8.52. The second-order valence-corrected chi connectivity index (χ2v) is 9.29. The molecule has 5 heteroatoms. The van der Waals surface area contributed by atoms with Crippen LogP contribution in [0.4, 0.5) is 4.39 Å². The molecule has 152 valence electrons. The highest BCUT2D eigenvalue weighted by molar-refractivity contribution is 7.10. The van der Waals surface area contributed by atoms with E-state index in [1.807, 2.05) is 18.2 Å². The lowest BCUT2D eigenvalue weighted by atomic mass is 9.66. The number of hydrogen-bond donors (Lipinski definition) is 1. The third-order valence-corrected chi connectivity index (χ3v) is 7.51. The standard InChI is InChI=1S/C23H30FNO2S/c1-26-20-8-15-28-21(20)16-25-13-11-22(18-4-6-19(24)7-5-18)12-14-27-23(17-22)9-2-3-10-23/h4-8,15,25H,2-3,9-14,16-17H2,1H3/t22-/m1/s1. The fourth-order valence-corrected chi connectivity index (χ4v) is 5.95. The van der Waals surface area contributed by atoms with E-state index in [4.69, 9.17) is 9.47 Å². The summed E-state index contributed by atoms with van der Waals surface area (Å²) < 4.78 is 25.3. The van der Waals surface area contributed by atoms with Gasteiger partial charge in [0.25, 0.3) is 0 Å². The zero-order chi connectivity index (χ0) is 19.5. The maximum Gasteiger partial charge on any atom is 0.134 e. The minimum absolute atomic E-state index is 0.0314. The Morgan fingerprint density at radius 3 is 2.68 bits per heavy atom. The van der Waals surface area contributed by atoms with Crippen molar-refractivity contribution in [3.8, 4) is 5.75 Å². The molecule has 0 amide bonds. The first kappa shape index (κ1) is 19.9. The predicted octanol–water partition coefficient (Wildman–Crippen LogP) is 5.44. The molecule has 1 aliphatic heterocycles. The van der Waals surface area contributed by atoms with Crippen molar-refractivity contribution in [1.29, 1.82) is 0 Å². The molecule has 0 bridgehead atoms. The van der Waals surface area contributed by atoms with E-state index in [0.717, 1.165) is 57.6 Å². The number of halogens is 1. The Hall–Kier alpha value is -1.43. The van der Waals surface area contributed by atoms with Crippen LogP contribution in [0.25, 0.3) is 0 Å². The molecule has 2 aromatic rings. The van der Waals surface area contributed by atoms with Crippen molar-refractivity contribution in [2.75, 3.05) is 20.3 Å². The van der Waals surface area contributed by atoms with Crippen molar-refractivity contribution in [3.63, 3.8) is 0 Å². The van der Waals surface area contributed by atoms with Crippen molar-refractivity contribution in [2.45, 2.75) is 62.5 Å². The molecular formula is C23H30FNO2S. The molecule has 1 aromatic carbocycles. The molecule has 28 heavy (non-hydrogen) atoms. The van der Waals surface area contributed by atoms with Crippen LogP contribution in [0, 0.1) is 5.82 Å². The van der Waals surface area contributed by atoms with Gasteiger partial charge in [-0.15, -0.1) is 11.3 Å². The molecule has 3 nitrogen and oxygen atoms in total. The molecule has 1 aromatic heterocycles. The quantitative estimate of drug-likeness (QED) is 0.625. The van der Waals surface area contributed by atoms with Crippen LogP contribution in [0.2, 0.25) is 0 Å². The van der Waals surface area contributed by atoms with Crippen molar-refractivity contribution in [3.05, 3.63) is 52.0 Å². The Kier molecular flexibility index (Phi) is 6.04. The maximum absolute atomic E-state index is 13.6. The van der Waals surface area contributed by atoms with E-state index >= 15 is 0 Å². The fraction of sp³-hybridized carbons (Fsp3) is 0.565. The lowest BCUT2D eigenvalue weighted by Crippen LogP contribution is -2.47. The van der Waals surface area contributed by atoms with Gasteiger partial charge in [0.2, 0.25) is 0 Å². The molecule has 1 saturated carbocycles. The minimum Gasteiger partial charge on any atom is -0.496 e. The average Bonchev–Trinajstić information content (AvgIpc) is 3.35. The Bertz CT molecular complexity index is 769. The summed E-state index contributed by atoms with van der Waals surface area (Å²) in [6, 6.07) is 9.22. The number of rotatable bonds is 7. The first-order chi connectivity index (χ1) is 13.6. The lowest BCUT2D eigenvalue weighted by Gasteiger charge is -2.47. The largest absolute Gasteiger partial charge is 0.496 e. The van der Waals surface area contributed by atoms with Gasteiger partial charge in [-0.1, -0.05) is 25.0 Å². The molecule has 2 fully saturated rings. The third-order valence-electron chi connectivity index (χ3n) is 6.61. The Morgan fingerprint density at radius 1 is 1.14 bits per heavy atom. The molecule has 1 aliphatic carbocycles. The average molecular weight is 404 g/mol. The van der Waals surface area contributed by atoms with Crippen LogP contribution in [-0.4, -0.2) is 25.9 Å². The van der Waals surface area contributed by atoms with Gasteiger partial charge in [0, 0.05) is 18.6 Å². The monoisotopic (exact) mass is 403 g/mol. The van der Waals surface area contributed by atoms with Gasteiger partial charge in [0.15, 0.2) is 0 Å². The summed E-state index contributed by atoms with van der Waals surface area (Å²) in [7, 11) is 1.72. The summed E-state index contributed by atoms with van der Waals surface area (Å²) in [6.07, 6.45) is 7.94. The van der Waals surface area contributed by atoms with Gasteiger partial charge in [0.05, 0.1) is 17.6 Å². The molecule has 1 N–H and O–H groups in total. The Morgan fingerprint density at radius 2 is 1.93 bits per heavy atom. The highest BCUT2D eigenvalue weighted by atomic mass is 32.1. The highest BCUT2D eigenvalue weighted by Crippen LogP contribution is 2.50. The van der Waals surface area contributed by atoms with E-state index in [0.29, 0.717) is 0 Å². The van der Waals surface area contributed by atoms with Crippen molar-refractivity contribution >= 4 is 11.3 Å². The van der Waals surface area contributed by atoms with Gasteiger partial charge in [-0.05, 0) is 67.8 Å². The summed E-state index contributed by atoms with van der Waals surface area (Å²) in [5.74, 6) is 0.797. The smallest absolute Gasteiger partial charge is 0.134 e. The van der Waals surface area contributed by atoms with Crippen LogP contribution in [0.1, 0.15) is 55.4 Å². The topological polar surface area (TPSA) is 30.5 Å².